The molecule has 0 amide bonds. The molecule has 0 aromatic heterocycles. The highest BCUT2D eigenvalue weighted by Crippen LogP contribution is 2.38. The van der Waals surface area contributed by atoms with E-state index in [1.54, 1.807) is 18.2 Å². The molecule has 2 nitrogen and oxygen atoms in total. The van der Waals surface area contributed by atoms with Crippen molar-refractivity contribution in [3.05, 3.63) is 30.1 Å². The van der Waals surface area contributed by atoms with Crippen LogP contribution >= 0.6 is 0 Å². The molecule has 3 heteroatoms. The molecule has 0 radical (unpaired) electrons. The second kappa shape index (κ2) is 4.13. The molecule has 84 valence electrons. The normalized spacial score (nSPS) is 28.7. The molecule has 2 rings (SSSR count). The Morgan fingerprint density at radius 2 is 2.25 bits per heavy atom. The lowest BCUT2D eigenvalue weighted by Gasteiger charge is -2.28. The summed E-state index contributed by atoms with van der Waals surface area (Å²) < 4.78 is 13.5. The fourth-order valence-electron chi connectivity index (χ4n) is 2.36. The predicted octanol–water partition coefficient (Wildman–Crippen LogP) is 3.32. The number of para-hydroxylation sites is 1. The molecule has 0 spiro atoms. The Hall–Kier alpha value is -1.56. The number of anilines is 1. The number of nitriles is 1. The van der Waals surface area contributed by atoms with Crippen molar-refractivity contribution in [3.8, 4) is 6.07 Å². The number of nitrogens with zero attached hydrogens (tertiary/aromatic N) is 1. The Balaban J connectivity index is 2.27. The first-order chi connectivity index (χ1) is 7.68. The van der Waals surface area contributed by atoms with Crippen LogP contribution in [-0.4, -0.2) is 5.54 Å². The highest BCUT2D eigenvalue weighted by atomic mass is 19.1. The first kappa shape index (κ1) is 10.9. The van der Waals surface area contributed by atoms with Crippen molar-refractivity contribution >= 4 is 5.69 Å². The number of nitrogens with one attached hydrogen (secondary N) is 1. The molecule has 0 aliphatic heterocycles. The van der Waals surface area contributed by atoms with E-state index in [0.717, 1.165) is 19.3 Å². The molecule has 2 unspecified atom stereocenters. The van der Waals surface area contributed by atoms with Crippen LogP contribution in [0.25, 0.3) is 0 Å². The van der Waals surface area contributed by atoms with E-state index in [0.29, 0.717) is 5.69 Å². The second-order valence-corrected chi connectivity index (χ2v) is 4.48. The van der Waals surface area contributed by atoms with Gasteiger partial charge in [0.2, 0.25) is 0 Å². The Morgan fingerprint density at radius 1 is 1.50 bits per heavy atom. The van der Waals surface area contributed by atoms with Gasteiger partial charge >= 0.3 is 0 Å². The van der Waals surface area contributed by atoms with E-state index in [9.17, 15) is 9.65 Å². The lowest BCUT2D eigenvalue weighted by molar-refractivity contribution is 0.461. The Labute approximate surface area is 95.1 Å². The topological polar surface area (TPSA) is 35.8 Å². The van der Waals surface area contributed by atoms with Crippen LogP contribution in [-0.2, 0) is 0 Å². The average Bonchev–Trinajstić information content (AvgIpc) is 2.64. The molecule has 0 saturated heterocycles. The molecule has 1 fully saturated rings. The van der Waals surface area contributed by atoms with Crippen LogP contribution in [0.15, 0.2) is 24.3 Å². The highest BCUT2D eigenvalue weighted by molar-refractivity contribution is 5.49. The number of hydrogen-bond acceptors (Lipinski definition) is 2. The third-order valence-electron chi connectivity index (χ3n) is 3.48. The number of halogens is 1. The minimum atomic E-state index is -0.595. The van der Waals surface area contributed by atoms with Crippen LogP contribution in [0.2, 0.25) is 0 Å². The van der Waals surface area contributed by atoms with E-state index in [1.807, 2.05) is 6.92 Å². The molecule has 2 atom stereocenters. The number of rotatable bonds is 2. The fraction of sp³-hybridized carbons (Fsp3) is 0.462. The summed E-state index contributed by atoms with van der Waals surface area (Å²) in [5.41, 5.74) is -0.167. The zero-order chi connectivity index (χ0) is 11.6. The lowest BCUT2D eigenvalue weighted by atomic mass is 9.89. The van der Waals surface area contributed by atoms with Crippen molar-refractivity contribution in [3.63, 3.8) is 0 Å². The van der Waals surface area contributed by atoms with Crippen molar-refractivity contribution in [1.82, 2.24) is 0 Å². The number of benzene rings is 1. The summed E-state index contributed by atoms with van der Waals surface area (Å²) in [5.74, 6) is -0.0340. The van der Waals surface area contributed by atoms with Crippen LogP contribution < -0.4 is 5.32 Å². The van der Waals surface area contributed by atoms with Gasteiger partial charge in [0.25, 0.3) is 0 Å². The van der Waals surface area contributed by atoms with Crippen LogP contribution in [0.5, 0.6) is 0 Å². The van der Waals surface area contributed by atoms with Crippen LogP contribution in [0.3, 0.4) is 0 Å². The molecular weight excluding hydrogens is 203 g/mol. The third kappa shape index (κ3) is 1.76. The average molecular weight is 218 g/mol. The smallest absolute Gasteiger partial charge is 0.146 e. The quantitative estimate of drug-likeness (QED) is 0.826. The zero-order valence-corrected chi connectivity index (χ0v) is 9.33. The summed E-state index contributed by atoms with van der Waals surface area (Å²) >= 11 is 0. The third-order valence-corrected chi connectivity index (χ3v) is 3.48. The lowest BCUT2D eigenvalue weighted by Crippen LogP contribution is -2.39. The van der Waals surface area contributed by atoms with Crippen LogP contribution in [0.4, 0.5) is 10.1 Å². The summed E-state index contributed by atoms with van der Waals surface area (Å²) in [6.07, 6.45) is 2.84. The minimum Gasteiger partial charge on any atom is -0.365 e. The van der Waals surface area contributed by atoms with E-state index >= 15 is 0 Å². The van der Waals surface area contributed by atoms with Gasteiger partial charge in [-0.3, -0.25) is 0 Å². The monoisotopic (exact) mass is 218 g/mol. The molecule has 0 heterocycles. The fourth-order valence-corrected chi connectivity index (χ4v) is 2.36. The van der Waals surface area contributed by atoms with Crippen molar-refractivity contribution < 1.29 is 4.39 Å². The van der Waals surface area contributed by atoms with Gasteiger partial charge in [-0.1, -0.05) is 19.1 Å². The van der Waals surface area contributed by atoms with E-state index < -0.39 is 5.54 Å². The molecule has 0 bridgehead atoms. The van der Waals surface area contributed by atoms with Gasteiger partial charge in [0.1, 0.15) is 11.4 Å². The number of hydrogen-bond donors (Lipinski definition) is 1. The van der Waals surface area contributed by atoms with Gasteiger partial charge in [0, 0.05) is 0 Å². The Kier molecular flexibility index (Phi) is 2.82. The molecule has 1 aromatic rings. The van der Waals surface area contributed by atoms with E-state index in [4.69, 9.17) is 0 Å². The zero-order valence-electron chi connectivity index (χ0n) is 9.33. The van der Waals surface area contributed by atoms with Gasteiger partial charge in [-0.15, -0.1) is 0 Å². The van der Waals surface area contributed by atoms with E-state index in [-0.39, 0.29) is 11.7 Å². The minimum absolute atomic E-state index is 0.261. The largest absolute Gasteiger partial charge is 0.365 e. The van der Waals surface area contributed by atoms with Crippen molar-refractivity contribution in [2.75, 3.05) is 5.32 Å². The van der Waals surface area contributed by atoms with Crippen LogP contribution in [0, 0.1) is 23.1 Å². The molecule has 1 aliphatic carbocycles. The molecule has 1 aromatic carbocycles. The van der Waals surface area contributed by atoms with Crippen LogP contribution in [0.1, 0.15) is 26.2 Å². The standard InChI is InChI=1S/C13H15FN2/c1-10-5-4-8-13(10,9-15)16-12-7-3-2-6-11(12)14/h2-3,6-7,10,16H,4-5,8H2,1H3. The highest BCUT2D eigenvalue weighted by Gasteiger charge is 2.40. The van der Waals surface area contributed by atoms with Crippen molar-refractivity contribution in [1.29, 1.82) is 5.26 Å². The van der Waals surface area contributed by atoms with Gasteiger partial charge in [-0.2, -0.15) is 5.26 Å². The summed E-state index contributed by atoms with van der Waals surface area (Å²) in [5, 5.41) is 12.4. The first-order valence-corrected chi connectivity index (χ1v) is 5.62. The molecule has 16 heavy (non-hydrogen) atoms. The Bertz CT molecular complexity index is 424. The second-order valence-electron chi connectivity index (χ2n) is 4.48. The first-order valence-electron chi connectivity index (χ1n) is 5.62. The van der Waals surface area contributed by atoms with Gasteiger partial charge in [0.15, 0.2) is 0 Å². The maximum absolute atomic E-state index is 13.5. The Morgan fingerprint density at radius 3 is 2.81 bits per heavy atom. The predicted molar refractivity (Wildman–Crippen MR) is 61.4 cm³/mol. The molecule has 1 N–H and O–H groups in total. The van der Waals surface area contributed by atoms with Crippen molar-refractivity contribution in [2.24, 2.45) is 5.92 Å². The summed E-state index contributed by atoms with van der Waals surface area (Å²) in [6, 6.07) is 8.84. The van der Waals surface area contributed by atoms with Gasteiger partial charge < -0.3 is 5.32 Å². The summed E-state index contributed by atoms with van der Waals surface area (Å²) in [6.45, 7) is 2.05. The molecular formula is C13H15FN2. The van der Waals surface area contributed by atoms with Gasteiger partial charge in [-0.25, -0.2) is 4.39 Å². The van der Waals surface area contributed by atoms with E-state index in [2.05, 4.69) is 11.4 Å². The maximum atomic E-state index is 13.5. The SMILES string of the molecule is CC1CCCC1(C#N)Nc1ccccc1F. The van der Waals surface area contributed by atoms with Gasteiger partial charge in [-0.05, 0) is 37.3 Å². The van der Waals surface area contributed by atoms with Crippen molar-refractivity contribution in [2.45, 2.75) is 31.7 Å². The van der Waals surface area contributed by atoms with E-state index in [1.165, 1.54) is 6.07 Å². The molecule has 1 saturated carbocycles. The molecule has 1 aliphatic rings. The summed E-state index contributed by atoms with van der Waals surface area (Å²) in [4.78, 5) is 0. The van der Waals surface area contributed by atoms with Gasteiger partial charge in [0.05, 0.1) is 11.8 Å². The summed E-state index contributed by atoms with van der Waals surface area (Å²) in [7, 11) is 0. The maximum Gasteiger partial charge on any atom is 0.146 e.